The smallest absolute Gasteiger partial charge is 0.222 e. The van der Waals surface area contributed by atoms with Crippen molar-refractivity contribution < 1.29 is 9.90 Å². The molecule has 0 aliphatic carbocycles. The van der Waals surface area contributed by atoms with E-state index in [-0.39, 0.29) is 11.8 Å². The maximum Gasteiger partial charge on any atom is 0.222 e. The van der Waals surface area contributed by atoms with E-state index in [1.807, 2.05) is 36.9 Å². The van der Waals surface area contributed by atoms with Gasteiger partial charge in [0.1, 0.15) is 0 Å². The fraction of sp³-hybridized carbons (Fsp3) is 0.588. The van der Waals surface area contributed by atoms with Crippen LogP contribution in [0.1, 0.15) is 38.7 Å². The van der Waals surface area contributed by atoms with Crippen LogP contribution in [0, 0.1) is 5.92 Å². The third kappa shape index (κ3) is 3.83. The van der Waals surface area contributed by atoms with E-state index in [9.17, 15) is 9.90 Å². The van der Waals surface area contributed by atoms with E-state index < -0.39 is 5.60 Å². The maximum atomic E-state index is 12.1. The number of carbonyl (C=O) groups excluding carboxylic acids is 1. The van der Waals surface area contributed by atoms with E-state index >= 15 is 0 Å². The number of unbranched alkanes of at least 4 members (excludes halogenated alkanes) is 1. The Morgan fingerprint density at radius 3 is 2.65 bits per heavy atom. The Kier molecular flexibility index (Phi) is 4.81. The molecule has 2 rings (SSSR count). The minimum Gasteiger partial charge on any atom is -0.388 e. The summed E-state index contributed by atoms with van der Waals surface area (Å²) < 4.78 is 0. The van der Waals surface area contributed by atoms with Crippen molar-refractivity contribution in [3.8, 4) is 0 Å². The van der Waals surface area contributed by atoms with Crippen LogP contribution in [0.4, 0.5) is 0 Å². The first kappa shape index (κ1) is 15.0. The number of aryl methyl sites for hydroxylation is 1. The predicted octanol–water partition coefficient (Wildman–Crippen LogP) is 2.63. The van der Waals surface area contributed by atoms with Gasteiger partial charge >= 0.3 is 0 Å². The molecule has 1 fully saturated rings. The van der Waals surface area contributed by atoms with Crippen LogP contribution in [0.15, 0.2) is 30.3 Å². The van der Waals surface area contributed by atoms with E-state index in [0.717, 1.165) is 19.3 Å². The van der Waals surface area contributed by atoms with Crippen LogP contribution in [-0.2, 0) is 11.2 Å². The zero-order chi connectivity index (χ0) is 14.6. The maximum absolute atomic E-state index is 12.1. The number of benzene rings is 1. The van der Waals surface area contributed by atoms with Crippen molar-refractivity contribution in [2.45, 2.75) is 45.1 Å². The summed E-state index contributed by atoms with van der Waals surface area (Å²) in [5.41, 5.74) is 0.609. The Bertz CT molecular complexity index is 442. The lowest BCUT2D eigenvalue weighted by molar-refractivity contribution is -0.131. The number of aliphatic hydroxyl groups is 1. The number of carbonyl (C=O) groups is 1. The molecule has 0 aromatic heterocycles. The molecule has 0 spiro atoms. The van der Waals surface area contributed by atoms with Crippen molar-refractivity contribution in [2.75, 3.05) is 13.1 Å². The molecule has 1 aromatic rings. The molecule has 0 unspecified atom stereocenters. The molecule has 110 valence electrons. The lowest BCUT2D eigenvalue weighted by Crippen LogP contribution is -2.35. The Labute approximate surface area is 121 Å². The summed E-state index contributed by atoms with van der Waals surface area (Å²) in [4.78, 5) is 13.9. The van der Waals surface area contributed by atoms with Gasteiger partial charge in [0.25, 0.3) is 0 Å². The van der Waals surface area contributed by atoms with Gasteiger partial charge in [-0.3, -0.25) is 4.79 Å². The molecule has 2 atom stereocenters. The van der Waals surface area contributed by atoms with E-state index in [2.05, 4.69) is 12.1 Å². The molecule has 1 aliphatic heterocycles. The highest BCUT2D eigenvalue weighted by Crippen LogP contribution is 2.27. The van der Waals surface area contributed by atoms with Crippen molar-refractivity contribution in [1.82, 2.24) is 4.90 Å². The molecule has 1 saturated heterocycles. The zero-order valence-corrected chi connectivity index (χ0v) is 12.5. The average Bonchev–Trinajstić information content (AvgIpc) is 2.70. The Morgan fingerprint density at radius 2 is 2.05 bits per heavy atom. The first-order chi connectivity index (χ1) is 9.49. The van der Waals surface area contributed by atoms with Crippen molar-refractivity contribution in [3.05, 3.63) is 35.9 Å². The van der Waals surface area contributed by atoms with Crippen molar-refractivity contribution in [3.63, 3.8) is 0 Å². The van der Waals surface area contributed by atoms with Gasteiger partial charge in [-0.2, -0.15) is 0 Å². The third-order valence-electron chi connectivity index (χ3n) is 4.37. The second-order valence-electron chi connectivity index (χ2n) is 6.23. The van der Waals surface area contributed by atoms with Crippen LogP contribution >= 0.6 is 0 Å². The van der Waals surface area contributed by atoms with Crippen LogP contribution in [0.2, 0.25) is 0 Å². The highest BCUT2D eigenvalue weighted by Gasteiger charge is 2.40. The van der Waals surface area contributed by atoms with Gasteiger partial charge in [-0.1, -0.05) is 37.3 Å². The van der Waals surface area contributed by atoms with Crippen molar-refractivity contribution >= 4 is 5.91 Å². The number of nitrogens with zero attached hydrogens (tertiary/aromatic N) is 1. The molecular weight excluding hydrogens is 250 g/mol. The van der Waals surface area contributed by atoms with Gasteiger partial charge in [0, 0.05) is 25.4 Å². The number of β-amino-alcohol motifs (C(OH)–C–C–N with tert-alkyl or cyclic N) is 1. The summed E-state index contributed by atoms with van der Waals surface area (Å²) in [5, 5.41) is 10.1. The summed E-state index contributed by atoms with van der Waals surface area (Å²) >= 11 is 0. The van der Waals surface area contributed by atoms with Gasteiger partial charge < -0.3 is 10.0 Å². The molecular formula is C17H25NO2. The fourth-order valence-electron chi connectivity index (χ4n) is 2.73. The summed E-state index contributed by atoms with van der Waals surface area (Å²) in [6.45, 7) is 4.99. The fourth-order valence-corrected chi connectivity index (χ4v) is 2.73. The normalized spacial score (nSPS) is 25.9. The second kappa shape index (κ2) is 6.40. The summed E-state index contributed by atoms with van der Waals surface area (Å²) in [7, 11) is 0. The van der Waals surface area contributed by atoms with Gasteiger partial charge in [0.05, 0.1) is 5.60 Å². The minimum atomic E-state index is -0.723. The molecule has 1 amide bonds. The largest absolute Gasteiger partial charge is 0.388 e. The summed E-state index contributed by atoms with van der Waals surface area (Å²) in [6, 6.07) is 10.4. The number of amides is 1. The van der Waals surface area contributed by atoms with Crippen LogP contribution in [0.25, 0.3) is 0 Å². The zero-order valence-electron chi connectivity index (χ0n) is 12.5. The lowest BCUT2D eigenvalue weighted by Gasteiger charge is -2.20. The van der Waals surface area contributed by atoms with E-state index in [0.29, 0.717) is 19.5 Å². The van der Waals surface area contributed by atoms with Crippen molar-refractivity contribution in [2.24, 2.45) is 5.92 Å². The highest BCUT2D eigenvalue weighted by atomic mass is 16.3. The Hall–Kier alpha value is -1.35. The summed E-state index contributed by atoms with van der Waals surface area (Å²) in [6.07, 6.45) is 3.58. The number of hydrogen-bond donors (Lipinski definition) is 1. The first-order valence-electron chi connectivity index (χ1n) is 7.53. The number of likely N-dealkylation sites (tertiary alicyclic amines) is 1. The van der Waals surface area contributed by atoms with Gasteiger partial charge in [-0.05, 0) is 31.7 Å². The minimum absolute atomic E-state index is 0.163. The molecule has 20 heavy (non-hydrogen) atoms. The standard InChI is InChI=1S/C17H25NO2/c1-14-12-18(13-17(14,2)20)16(19)11-7-6-10-15-8-4-3-5-9-15/h3-5,8-9,14,20H,6-7,10-13H2,1-2H3/t14-,17+/m0/s1. The average molecular weight is 275 g/mol. The lowest BCUT2D eigenvalue weighted by atomic mass is 9.95. The monoisotopic (exact) mass is 275 g/mol. The van der Waals surface area contributed by atoms with Crippen LogP contribution in [0.3, 0.4) is 0 Å². The Balaban J connectivity index is 1.69. The Morgan fingerprint density at radius 1 is 1.35 bits per heavy atom. The van der Waals surface area contributed by atoms with E-state index in [1.54, 1.807) is 0 Å². The molecule has 0 radical (unpaired) electrons. The van der Waals surface area contributed by atoms with Crippen LogP contribution < -0.4 is 0 Å². The van der Waals surface area contributed by atoms with Crippen LogP contribution in [0.5, 0.6) is 0 Å². The predicted molar refractivity (Wildman–Crippen MR) is 80.4 cm³/mol. The molecule has 0 bridgehead atoms. The van der Waals surface area contributed by atoms with Gasteiger partial charge in [-0.15, -0.1) is 0 Å². The molecule has 3 heteroatoms. The second-order valence-corrected chi connectivity index (χ2v) is 6.23. The quantitative estimate of drug-likeness (QED) is 0.839. The molecule has 1 N–H and O–H groups in total. The molecule has 1 aromatic carbocycles. The topological polar surface area (TPSA) is 40.5 Å². The molecule has 3 nitrogen and oxygen atoms in total. The molecule has 1 heterocycles. The number of rotatable bonds is 5. The van der Waals surface area contributed by atoms with E-state index in [1.165, 1.54) is 5.56 Å². The SMILES string of the molecule is C[C@H]1CN(C(=O)CCCCc2ccccc2)C[C@@]1(C)O. The van der Waals surface area contributed by atoms with Gasteiger partial charge in [-0.25, -0.2) is 0 Å². The van der Waals surface area contributed by atoms with Crippen LogP contribution in [-0.4, -0.2) is 34.6 Å². The third-order valence-corrected chi connectivity index (χ3v) is 4.37. The van der Waals surface area contributed by atoms with Crippen molar-refractivity contribution in [1.29, 1.82) is 0 Å². The number of hydrogen-bond acceptors (Lipinski definition) is 2. The van der Waals surface area contributed by atoms with Gasteiger partial charge in [0.15, 0.2) is 0 Å². The van der Waals surface area contributed by atoms with E-state index in [4.69, 9.17) is 0 Å². The molecule has 1 aliphatic rings. The molecule has 0 saturated carbocycles. The van der Waals surface area contributed by atoms with Gasteiger partial charge in [0.2, 0.25) is 5.91 Å². The first-order valence-corrected chi connectivity index (χ1v) is 7.53. The highest BCUT2D eigenvalue weighted by molar-refractivity contribution is 5.76. The summed E-state index contributed by atoms with van der Waals surface area (Å²) in [5.74, 6) is 0.346.